The highest BCUT2D eigenvalue weighted by molar-refractivity contribution is 6.02. The summed E-state index contributed by atoms with van der Waals surface area (Å²) in [7, 11) is 4.01. The zero-order chi connectivity index (χ0) is 20.8. The van der Waals surface area contributed by atoms with E-state index in [2.05, 4.69) is 41.3 Å². The second kappa shape index (κ2) is 9.43. The zero-order valence-corrected chi connectivity index (χ0v) is 17.4. The summed E-state index contributed by atoms with van der Waals surface area (Å²) in [6.07, 6.45) is 3.43. The molecule has 2 aromatic heterocycles. The van der Waals surface area contributed by atoms with E-state index in [9.17, 15) is 4.79 Å². The molecule has 3 rings (SSSR count). The molecule has 0 saturated heterocycles. The van der Waals surface area contributed by atoms with Gasteiger partial charge in [-0.15, -0.1) is 0 Å². The largest absolute Gasteiger partial charge is 0.486 e. The molecule has 0 radical (unpaired) electrons. The first-order valence-corrected chi connectivity index (χ1v) is 9.70. The van der Waals surface area contributed by atoms with Gasteiger partial charge in [-0.2, -0.15) is 5.10 Å². The molecule has 0 fully saturated rings. The van der Waals surface area contributed by atoms with Crippen molar-refractivity contribution in [2.45, 2.75) is 32.9 Å². The molecular weight excluding hydrogens is 368 g/mol. The summed E-state index contributed by atoms with van der Waals surface area (Å²) >= 11 is 0. The summed E-state index contributed by atoms with van der Waals surface area (Å²) < 4.78 is 13.2. The van der Waals surface area contributed by atoms with Crippen molar-refractivity contribution in [1.29, 1.82) is 0 Å². The molecule has 0 atom stereocenters. The Morgan fingerprint density at radius 3 is 2.66 bits per heavy atom. The average molecular weight is 396 g/mol. The topological polar surface area (TPSA) is 72.5 Å². The molecule has 0 aliphatic carbocycles. The minimum absolute atomic E-state index is 0.236. The van der Waals surface area contributed by atoms with Crippen LogP contribution in [0.15, 0.2) is 53.2 Å². The minimum Gasteiger partial charge on any atom is -0.486 e. The molecule has 2 heterocycles. The fourth-order valence-electron chi connectivity index (χ4n) is 2.73. The Morgan fingerprint density at radius 2 is 1.97 bits per heavy atom. The number of aromatic nitrogens is 2. The summed E-state index contributed by atoms with van der Waals surface area (Å²) in [5.41, 5.74) is 1.90. The lowest BCUT2D eigenvalue weighted by Gasteiger charge is -2.08. The van der Waals surface area contributed by atoms with Crippen LogP contribution in [-0.4, -0.2) is 41.2 Å². The van der Waals surface area contributed by atoms with E-state index in [1.807, 2.05) is 26.2 Å². The quantitative estimate of drug-likeness (QED) is 0.592. The Labute approximate surface area is 171 Å². The van der Waals surface area contributed by atoms with Crippen LogP contribution in [0.3, 0.4) is 0 Å². The number of ether oxygens (including phenoxy) is 1. The zero-order valence-electron chi connectivity index (χ0n) is 17.4. The lowest BCUT2D eigenvalue weighted by molar-refractivity contribution is 0.0992. The second-order valence-corrected chi connectivity index (χ2v) is 7.53. The fourth-order valence-corrected chi connectivity index (χ4v) is 2.73. The number of anilines is 1. The molecule has 1 amide bonds. The maximum absolute atomic E-state index is 12.4. The average Bonchev–Trinajstić information content (AvgIpc) is 3.34. The van der Waals surface area contributed by atoms with Gasteiger partial charge in [0.2, 0.25) is 0 Å². The van der Waals surface area contributed by atoms with Gasteiger partial charge in [0.15, 0.2) is 5.76 Å². The van der Waals surface area contributed by atoms with E-state index in [0.29, 0.717) is 17.4 Å². The van der Waals surface area contributed by atoms with Gasteiger partial charge in [0, 0.05) is 12.7 Å². The van der Waals surface area contributed by atoms with Crippen molar-refractivity contribution in [1.82, 2.24) is 14.7 Å². The van der Waals surface area contributed by atoms with Crippen molar-refractivity contribution in [3.63, 3.8) is 0 Å². The molecule has 3 aromatic rings. The van der Waals surface area contributed by atoms with E-state index in [1.54, 1.807) is 29.2 Å². The number of carbonyl (C=O) groups excluding carboxylic acids is 1. The van der Waals surface area contributed by atoms with Gasteiger partial charge in [-0.1, -0.05) is 26.0 Å². The van der Waals surface area contributed by atoms with Gasteiger partial charge in [0.25, 0.3) is 5.91 Å². The third kappa shape index (κ3) is 5.96. The van der Waals surface area contributed by atoms with E-state index in [1.165, 1.54) is 5.56 Å². The molecule has 0 aliphatic rings. The molecule has 0 saturated carbocycles. The molecule has 29 heavy (non-hydrogen) atoms. The highest BCUT2D eigenvalue weighted by Gasteiger charge is 2.13. The number of likely N-dealkylation sites (N-methyl/N-ethyl adjacent to an activating group) is 1. The Morgan fingerprint density at radius 1 is 1.21 bits per heavy atom. The van der Waals surface area contributed by atoms with Crippen LogP contribution in [0.5, 0.6) is 5.75 Å². The highest BCUT2D eigenvalue weighted by atomic mass is 16.5. The van der Waals surface area contributed by atoms with Crippen molar-refractivity contribution in [3.05, 3.63) is 65.9 Å². The van der Waals surface area contributed by atoms with Crippen molar-refractivity contribution < 1.29 is 13.9 Å². The van der Waals surface area contributed by atoms with E-state index in [0.717, 1.165) is 18.8 Å². The number of carbonyl (C=O) groups is 1. The Kier molecular flexibility index (Phi) is 6.72. The Hall–Kier alpha value is -3.06. The van der Waals surface area contributed by atoms with Crippen molar-refractivity contribution >= 4 is 11.6 Å². The van der Waals surface area contributed by atoms with Gasteiger partial charge in [-0.3, -0.25) is 9.48 Å². The van der Waals surface area contributed by atoms with E-state index in [-0.39, 0.29) is 18.3 Å². The predicted molar refractivity (Wildman–Crippen MR) is 112 cm³/mol. The van der Waals surface area contributed by atoms with Crippen LogP contribution in [0.2, 0.25) is 0 Å². The van der Waals surface area contributed by atoms with Crippen molar-refractivity contribution in [2.24, 2.45) is 0 Å². The van der Waals surface area contributed by atoms with Gasteiger partial charge in [-0.05, 0) is 49.8 Å². The van der Waals surface area contributed by atoms with Gasteiger partial charge in [0.05, 0.1) is 18.4 Å². The molecule has 0 aliphatic heterocycles. The maximum atomic E-state index is 12.4. The van der Waals surface area contributed by atoms with Crippen molar-refractivity contribution in [3.8, 4) is 5.75 Å². The van der Waals surface area contributed by atoms with Crippen LogP contribution in [0.1, 0.15) is 41.6 Å². The first-order chi connectivity index (χ1) is 13.9. The normalized spacial score (nSPS) is 11.2. The number of hydrogen-bond acceptors (Lipinski definition) is 5. The number of rotatable bonds is 9. The predicted octanol–water partition coefficient (Wildman–Crippen LogP) is 3.99. The third-order valence-electron chi connectivity index (χ3n) is 4.48. The smallest absolute Gasteiger partial charge is 0.291 e. The van der Waals surface area contributed by atoms with E-state index in [4.69, 9.17) is 9.15 Å². The van der Waals surface area contributed by atoms with Gasteiger partial charge >= 0.3 is 0 Å². The van der Waals surface area contributed by atoms with Crippen LogP contribution in [0.25, 0.3) is 0 Å². The summed E-state index contributed by atoms with van der Waals surface area (Å²) in [6.45, 7) is 6.19. The third-order valence-corrected chi connectivity index (χ3v) is 4.48. The first kappa shape index (κ1) is 20.7. The Bertz CT molecular complexity index is 926. The summed E-state index contributed by atoms with van der Waals surface area (Å²) in [6, 6.07) is 11.4. The van der Waals surface area contributed by atoms with Crippen molar-refractivity contribution in [2.75, 3.05) is 26.0 Å². The van der Waals surface area contributed by atoms with E-state index < -0.39 is 0 Å². The highest BCUT2D eigenvalue weighted by Crippen LogP contribution is 2.20. The van der Waals surface area contributed by atoms with Crippen LogP contribution < -0.4 is 10.1 Å². The number of benzene rings is 1. The standard InChI is InChI=1S/C22H28N4O3/c1-16(2)17-5-7-19(8-6-17)28-15-20-9-10-21(29-20)22(27)24-18-13-23-26(14-18)12-11-25(3)4/h5-10,13-14,16H,11-12,15H2,1-4H3,(H,24,27). The molecule has 0 unspecified atom stereocenters. The SMILES string of the molecule is CC(C)c1ccc(OCc2ccc(C(=O)Nc3cnn(CCN(C)C)c3)o2)cc1. The fraction of sp³-hybridized carbons (Fsp3) is 0.364. The van der Waals surface area contributed by atoms with E-state index >= 15 is 0 Å². The molecule has 1 N–H and O–H groups in total. The van der Waals surface area contributed by atoms with Gasteiger partial charge < -0.3 is 19.4 Å². The number of nitrogens with one attached hydrogen (secondary N) is 1. The number of furan rings is 1. The molecule has 0 bridgehead atoms. The second-order valence-electron chi connectivity index (χ2n) is 7.53. The Balaban J connectivity index is 1.52. The van der Waals surface area contributed by atoms with Crippen LogP contribution in [-0.2, 0) is 13.2 Å². The molecule has 0 spiro atoms. The molecule has 7 nitrogen and oxygen atoms in total. The number of hydrogen-bond donors (Lipinski definition) is 1. The van der Waals surface area contributed by atoms with Crippen LogP contribution in [0.4, 0.5) is 5.69 Å². The van der Waals surface area contributed by atoms with Crippen LogP contribution in [0, 0.1) is 0 Å². The molecule has 154 valence electrons. The van der Waals surface area contributed by atoms with Crippen LogP contribution >= 0.6 is 0 Å². The lowest BCUT2D eigenvalue weighted by atomic mass is 10.0. The minimum atomic E-state index is -0.315. The summed E-state index contributed by atoms with van der Waals surface area (Å²) in [4.78, 5) is 14.5. The first-order valence-electron chi connectivity index (χ1n) is 9.70. The monoisotopic (exact) mass is 396 g/mol. The van der Waals surface area contributed by atoms with Gasteiger partial charge in [0.1, 0.15) is 18.1 Å². The molecular formula is C22H28N4O3. The van der Waals surface area contributed by atoms with Gasteiger partial charge in [-0.25, -0.2) is 0 Å². The summed E-state index contributed by atoms with van der Waals surface area (Å²) in [5.74, 6) is 1.76. The maximum Gasteiger partial charge on any atom is 0.291 e. The molecule has 7 heteroatoms. The lowest BCUT2D eigenvalue weighted by Crippen LogP contribution is -2.18. The number of amides is 1. The summed E-state index contributed by atoms with van der Waals surface area (Å²) in [5, 5.41) is 7.04. The molecule has 1 aromatic carbocycles. The number of nitrogens with zero attached hydrogens (tertiary/aromatic N) is 3.